The number of esters is 1. The molecule has 0 saturated heterocycles. The molecular formula is C8H12O3. The molecule has 0 bridgehead atoms. The molecule has 0 heterocycles. The van der Waals surface area contributed by atoms with Crippen LogP contribution in [0.4, 0.5) is 0 Å². The van der Waals surface area contributed by atoms with Crippen molar-refractivity contribution in [3.8, 4) is 0 Å². The zero-order valence-corrected chi connectivity index (χ0v) is 6.63. The SMILES string of the molecule is C=COCCOC(=O)C(=C)C. The lowest BCUT2D eigenvalue weighted by molar-refractivity contribution is -0.139. The van der Waals surface area contributed by atoms with Crippen molar-refractivity contribution >= 4 is 5.97 Å². The van der Waals surface area contributed by atoms with E-state index in [9.17, 15) is 4.79 Å². The van der Waals surface area contributed by atoms with Gasteiger partial charge in [-0.2, -0.15) is 0 Å². The number of rotatable bonds is 5. The molecule has 62 valence electrons. The largest absolute Gasteiger partial charge is 0.498 e. The molecule has 0 unspecified atom stereocenters. The molecule has 3 heteroatoms. The Kier molecular flexibility index (Phi) is 4.90. The molecule has 0 aromatic heterocycles. The summed E-state index contributed by atoms with van der Waals surface area (Å²) >= 11 is 0. The van der Waals surface area contributed by atoms with Crippen LogP contribution in [0.25, 0.3) is 0 Å². The van der Waals surface area contributed by atoms with Gasteiger partial charge in [0.25, 0.3) is 0 Å². The third-order valence-electron chi connectivity index (χ3n) is 0.901. The molecule has 0 rings (SSSR count). The number of ether oxygens (including phenoxy) is 2. The van der Waals surface area contributed by atoms with Gasteiger partial charge in [-0.25, -0.2) is 4.79 Å². The van der Waals surface area contributed by atoms with Crippen LogP contribution < -0.4 is 0 Å². The Morgan fingerprint density at radius 3 is 2.64 bits per heavy atom. The van der Waals surface area contributed by atoms with E-state index in [1.54, 1.807) is 6.92 Å². The van der Waals surface area contributed by atoms with Gasteiger partial charge in [-0.05, 0) is 6.92 Å². The Labute approximate surface area is 66.3 Å². The molecule has 0 saturated carbocycles. The zero-order valence-electron chi connectivity index (χ0n) is 6.63. The topological polar surface area (TPSA) is 35.5 Å². The van der Waals surface area contributed by atoms with Crippen molar-refractivity contribution in [1.29, 1.82) is 0 Å². The molecule has 0 amide bonds. The van der Waals surface area contributed by atoms with Gasteiger partial charge >= 0.3 is 5.97 Å². The number of hydrogen-bond donors (Lipinski definition) is 0. The van der Waals surface area contributed by atoms with Crippen LogP contribution in [0.2, 0.25) is 0 Å². The fourth-order valence-electron chi connectivity index (χ4n) is 0.389. The van der Waals surface area contributed by atoms with E-state index < -0.39 is 5.97 Å². The fourth-order valence-corrected chi connectivity index (χ4v) is 0.389. The molecule has 0 aliphatic heterocycles. The molecule has 0 fully saturated rings. The van der Waals surface area contributed by atoms with Crippen molar-refractivity contribution in [3.05, 3.63) is 25.0 Å². The van der Waals surface area contributed by atoms with Gasteiger partial charge in [0.1, 0.15) is 13.2 Å². The van der Waals surface area contributed by atoms with E-state index in [0.717, 1.165) is 0 Å². The minimum Gasteiger partial charge on any atom is -0.498 e. The van der Waals surface area contributed by atoms with Gasteiger partial charge in [0, 0.05) is 5.57 Å². The van der Waals surface area contributed by atoms with Crippen LogP contribution in [-0.2, 0) is 14.3 Å². The molecule has 0 aromatic carbocycles. The van der Waals surface area contributed by atoms with Crippen molar-refractivity contribution < 1.29 is 14.3 Å². The first-order valence-electron chi connectivity index (χ1n) is 3.23. The van der Waals surface area contributed by atoms with Crippen LogP contribution in [0.1, 0.15) is 6.92 Å². The maximum Gasteiger partial charge on any atom is 0.333 e. The fraction of sp³-hybridized carbons (Fsp3) is 0.375. The van der Waals surface area contributed by atoms with E-state index in [0.29, 0.717) is 12.2 Å². The second-order valence-electron chi connectivity index (χ2n) is 1.95. The van der Waals surface area contributed by atoms with Crippen LogP contribution in [-0.4, -0.2) is 19.2 Å². The summed E-state index contributed by atoms with van der Waals surface area (Å²) in [5.41, 5.74) is 0.392. The molecule has 0 spiro atoms. The van der Waals surface area contributed by atoms with Crippen LogP contribution in [0.5, 0.6) is 0 Å². The van der Waals surface area contributed by atoms with Gasteiger partial charge in [-0.1, -0.05) is 13.2 Å². The number of carbonyl (C=O) groups excluding carboxylic acids is 1. The normalized spacial score (nSPS) is 8.45. The summed E-state index contributed by atoms with van der Waals surface area (Å²) in [5, 5.41) is 0. The Balaban J connectivity index is 3.31. The van der Waals surface area contributed by atoms with E-state index in [4.69, 9.17) is 9.47 Å². The maximum atomic E-state index is 10.7. The average molecular weight is 156 g/mol. The smallest absolute Gasteiger partial charge is 0.333 e. The molecule has 0 radical (unpaired) electrons. The average Bonchev–Trinajstić information content (AvgIpc) is 1.97. The summed E-state index contributed by atoms with van der Waals surface area (Å²) < 4.78 is 9.41. The molecule has 0 atom stereocenters. The first kappa shape index (κ1) is 9.75. The number of carbonyl (C=O) groups is 1. The van der Waals surface area contributed by atoms with Crippen molar-refractivity contribution in [2.75, 3.05) is 13.2 Å². The summed E-state index contributed by atoms with van der Waals surface area (Å²) in [4.78, 5) is 10.7. The monoisotopic (exact) mass is 156 g/mol. The highest BCUT2D eigenvalue weighted by Gasteiger charge is 2.00. The highest BCUT2D eigenvalue weighted by atomic mass is 16.6. The van der Waals surface area contributed by atoms with Gasteiger partial charge in [-0.15, -0.1) is 0 Å². The second-order valence-corrected chi connectivity index (χ2v) is 1.95. The minimum atomic E-state index is -0.391. The van der Waals surface area contributed by atoms with Crippen molar-refractivity contribution in [1.82, 2.24) is 0 Å². The zero-order chi connectivity index (χ0) is 8.69. The van der Waals surface area contributed by atoms with Gasteiger partial charge < -0.3 is 9.47 Å². The minimum absolute atomic E-state index is 0.234. The lowest BCUT2D eigenvalue weighted by atomic mass is 10.4. The summed E-state index contributed by atoms with van der Waals surface area (Å²) in [6.07, 6.45) is 1.30. The van der Waals surface area contributed by atoms with Gasteiger partial charge in [0.15, 0.2) is 0 Å². The standard InChI is InChI=1S/C8H12O3/c1-4-10-5-6-11-8(9)7(2)3/h4H,1-2,5-6H2,3H3. The van der Waals surface area contributed by atoms with Crippen LogP contribution in [0, 0.1) is 0 Å². The molecule has 11 heavy (non-hydrogen) atoms. The van der Waals surface area contributed by atoms with E-state index >= 15 is 0 Å². The van der Waals surface area contributed by atoms with E-state index in [2.05, 4.69) is 13.2 Å². The third-order valence-corrected chi connectivity index (χ3v) is 0.901. The van der Waals surface area contributed by atoms with Crippen molar-refractivity contribution in [2.45, 2.75) is 6.92 Å². The van der Waals surface area contributed by atoms with Crippen LogP contribution in [0.15, 0.2) is 25.0 Å². The lowest BCUT2D eigenvalue weighted by Crippen LogP contribution is -2.09. The van der Waals surface area contributed by atoms with Crippen molar-refractivity contribution in [3.63, 3.8) is 0 Å². The molecule has 0 aliphatic rings. The highest BCUT2D eigenvalue weighted by Crippen LogP contribution is 1.91. The molecule has 0 N–H and O–H groups in total. The Hall–Kier alpha value is -1.25. The Morgan fingerprint density at radius 2 is 2.18 bits per heavy atom. The predicted molar refractivity (Wildman–Crippen MR) is 41.9 cm³/mol. The summed E-state index contributed by atoms with van der Waals surface area (Å²) in [5.74, 6) is -0.391. The second kappa shape index (κ2) is 5.53. The van der Waals surface area contributed by atoms with Gasteiger partial charge in [-0.3, -0.25) is 0 Å². The predicted octanol–water partition coefficient (Wildman–Crippen LogP) is 1.27. The van der Waals surface area contributed by atoms with Crippen molar-refractivity contribution in [2.24, 2.45) is 0 Å². The maximum absolute atomic E-state index is 10.7. The van der Waals surface area contributed by atoms with E-state index in [1.165, 1.54) is 6.26 Å². The summed E-state index contributed by atoms with van der Waals surface area (Å²) in [7, 11) is 0. The van der Waals surface area contributed by atoms with Crippen LogP contribution >= 0.6 is 0 Å². The lowest BCUT2D eigenvalue weighted by Gasteiger charge is -2.02. The molecular weight excluding hydrogens is 144 g/mol. The van der Waals surface area contributed by atoms with Gasteiger partial charge in [0.2, 0.25) is 0 Å². The molecule has 0 aliphatic carbocycles. The Morgan fingerprint density at radius 1 is 1.55 bits per heavy atom. The Bertz CT molecular complexity index is 161. The number of hydrogen-bond acceptors (Lipinski definition) is 3. The first-order valence-corrected chi connectivity index (χ1v) is 3.23. The third kappa shape index (κ3) is 5.21. The summed E-state index contributed by atoms with van der Waals surface area (Å²) in [6, 6.07) is 0. The van der Waals surface area contributed by atoms with E-state index in [-0.39, 0.29) is 6.61 Å². The summed E-state index contributed by atoms with van der Waals surface area (Å²) in [6.45, 7) is 8.91. The molecule has 3 nitrogen and oxygen atoms in total. The first-order chi connectivity index (χ1) is 5.18. The quantitative estimate of drug-likeness (QED) is 0.260. The van der Waals surface area contributed by atoms with E-state index in [1.807, 2.05) is 0 Å². The van der Waals surface area contributed by atoms with Crippen LogP contribution in [0.3, 0.4) is 0 Å². The van der Waals surface area contributed by atoms with Gasteiger partial charge in [0.05, 0.1) is 6.26 Å². The highest BCUT2D eigenvalue weighted by molar-refractivity contribution is 5.86. The molecule has 0 aromatic rings.